The summed E-state index contributed by atoms with van der Waals surface area (Å²) in [5.41, 5.74) is 2.10. The first-order chi connectivity index (χ1) is 19.3. The summed E-state index contributed by atoms with van der Waals surface area (Å²) in [6, 6.07) is 22.8. The van der Waals surface area contributed by atoms with Crippen molar-refractivity contribution < 1.29 is 17.9 Å². The Bertz CT molecular complexity index is 1660. The molecule has 1 aliphatic heterocycles. The van der Waals surface area contributed by atoms with Crippen molar-refractivity contribution in [3.63, 3.8) is 0 Å². The SMILES string of the molecule is Cc1ccc(S(=O)(=O)N/N=C(/CCN2CCCC2)CC(c2ccccc2)c2c(O)c3ccccc3oc2=O)cc1. The molecule has 3 aromatic carbocycles. The maximum absolute atomic E-state index is 13.3. The van der Waals surface area contributed by atoms with E-state index in [2.05, 4.69) is 14.8 Å². The minimum absolute atomic E-state index is 0.119. The van der Waals surface area contributed by atoms with E-state index in [9.17, 15) is 18.3 Å². The summed E-state index contributed by atoms with van der Waals surface area (Å²) in [6.45, 7) is 4.57. The van der Waals surface area contributed by atoms with Gasteiger partial charge in [-0.05, 0) is 69.1 Å². The van der Waals surface area contributed by atoms with Gasteiger partial charge in [0.05, 0.1) is 15.8 Å². The van der Waals surface area contributed by atoms with Crippen LogP contribution in [-0.2, 0) is 10.0 Å². The van der Waals surface area contributed by atoms with Crippen LogP contribution in [0.2, 0.25) is 0 Å². The summed E-state index contributed by atoms with van der Waals surface area (Å²) in [7, 11) is -3.90. The van der Waals surface area contributed by atoms with Crippen LogP contribution in [0.5, 0.6) is 5.75 Å². The third-order valence-electron chi connectivity index (χ3n) is 7.38. The van der Waals surface area contributed by atoms with Crippen molar-refractivity contribution in [3.05, 3.63) is 106 Å². The molecule has 0 aliphatic carbocycles. The fourth-order valence-corrected chi connectivity index (χ4v) is 6.00. The van der Waals surface area contributed by atoms with Crippen LogP contribution in [-0.4, -0.2) is 43.8 Å². The van der Waals surface area contributed by atoms with Crippen molar-refractivity contribution in [1.29, 1.82) is 0 Å². The summed E-state index contributed by atoms with van der Waals surface area (Å²) >= 11 is 0. The van der Waals surface area contributed by atoms with Crippen molar-refractivity contribution in [2.45, 2.75) is 43.4 Å². The van der Waals surface area contributed by atoms with Gasteiger partial charge in [-0.3, -0.25) is 0 Å². The predicted octanol–water partition coefficient (Wildman–Crippen LogP) is 5.15. The summed E-state index contributed by atoms with van der Waals surface area (Å²) in [6.07, 6.45) is 2.97. The molecule has 0 bridgehead atoms. The topological polar surface area (TPSA) is 112 Å². The van der Waals surface area contributed by atoms with Crippen molar-refractivity contribution in [3.8, 4) is 5.75 Å². The number of rotatable bonds is 10. The summed E-state index contributed by atoms with van der Waals surface area (Å²) < 4.78 is 31.7. The van der Waals surface area contributed by atoms with Crippen molar-refractivity contribution in [1.82, 2.24) is 9.73 Å². The molecule has 208 valence electrons. The number of hydrazone groups is 1. The van der Waals surface area contributed by atoms with Crippen LogP contribution < -0.4 is 10.5 Å². The number of likely N-dealkylation sites (tertiary alicyclic amines) is 1. The van der Waals surface area contributed by atoms with E-state index in [-0.39, 0.29) is 22.6 Å². The third kappa shape index (κ3) is 6.26. The fourth-order valence-electron chi connectivity index (χ4n) is 5.15. The second-order valence-corrected chi connectivity index (χ2v) is 11.9. The number of hydrogen-bond acceptors (Lipinski definition) is 7. The van der Waals surface area contributed by atoms with Gasteiger partial charge in [-0.2, -0.15) is 13.5 Å². The maximum atomic E-state index is 13.3. The van der Waals surface area contributed by atoms with E-state index in [0.29, 0.717) is 29.6 Å². The lowest BCUT2D eigenvalue weighted by Crippen LogP contribution is -2.26. The molecule has 40 heavy (non-hydrogen) atoms. The van der Waals surface area contributed by atoms with Crippen LogP contribution in [0.3, 0.4) is 0 Å². The number of aryl methyl sites for hydroxylation is 1. The highest BCUT2D eigenvalue weighted by Gasteiger charge is 2.27. The van der Waals surface area contributed by atoms with Crippen LogP contribution in [0.4, 0.5) is 0 Å². The Kier molecular flexibility index (Phi) is 8.32. The molecule has 1 aliphatic rings. The molecule has 0 saturated carbocycles. The first-order valence-electron chi connectivity index (χ1n) is 13.5. The Labute approximate surface area is 234 Å². The number of aromatic hydroxyl groups is 1. The molecule has 8 nitrogen and oxygen atoms in total. The predicted molar refractivity (Wildman–Crippen MR) is 156 cm³/mol. The second-order valence-electron chi connectivity index (χ2n) is 10.2. The highest BCUT2D eigenvalue weighted by molar-refractivity contribution is 7.89. The molecule has 4 aromatic rings. The quantitative estimate of drug-likeness (QED) is 0.158. The molecule has 1 fully saturated rings. The van der Waals surface area contributed by atoms with Gasteiger partial charge in [-0.1, -0.05) is 60.2 Å². The normalized spacial score (nSPS) is 15.4. The molecule has 1 unspecified atom stereocenters. The Morgan fingerprint density at radius 1 is 1.00 bits per heavy atom. The number of fused-ring (bicyclic) bond motifs is 1. The lowest BCUT2D eigenvalue weighted by atomic mass is 9.86. The van der Waals surface area contributed by atoms with Gasteiger partial charge in [0.15, 0.2) is 0 Å². The molecule has 0 amide bonds. The maximum Gasteiger partial charge on any atom is 0.343 e. The Morgan fingerprint density at radius 3 is 2.40 bits per heavy atom. The number of benzene rings is 3. The third-order valence-corrected chi connectivity index (χ3v) is 8.60. The van der Waals surface area contributed by atoms with Gasteiger partial charge in [0.1, 0.15) is 11.3 Å². The van der Waals surface area contributed by atoms with E-state index in [0.717, 1.165) is 37.1 Å². The molecule has 9 heteroatoms. The standard InChI is InChI=1S/C31H33N3O5S/c1-22-13-15-25(16-14-22)40(37,38)33-32-24(17-20-34-18-7-8-19-34)21-27(23-9-3-2-4-10-23)29-30(35)26-11-5-6-12-28(26)39-31(29)36/h2-6,9-16,27,33,35H,7-8,17-21H2,1H3/b32-24-. The molecule has 0 spiro atoms. The molecule has 2 N–H and O–H groups in total. The van der Waals surface area contributed by atoms with Crippen LogP contribution in [0.25, 0.3) is 11.0 Å². The zero-order valence-corrected chi connectivity index (χ0v) is 23.2. The van der Waals surface area contributed by atoms with Crippen molar-refractivity contribution in [2.24, 2.45) is 5.10 Å². The van der Waals surface area contributed by atoms with E-state index in [1.807, 2.05) is 37.3 Å². The summed E-state index contributed by atoms with van der Waals surface area (Å²) in [5, 5.41) is 16.1. The average molecular weight is 560 g/mol. The number of para-hydroxylation sites is 1. The first-order valence-corrected chi connectivity index (χ1v) is 15.0. The Hall–Kier alpha value is -3.95. The molecule has 1 atom stereocenters. The monoisotopic (exact) mass is 559 g/mol. The number of hydrogen-bond donors (Lipinski definition) is 2. The molecular formula is C31H33N3O5S. The van der Waals surface area contributed by atoms with Crippen molar-refractivity contribution >= 4 is 26.7 Å². The van der Waals surface area contributed by atoms with Gasteiger partial charge >= 0.3 is 5.63 Å². The smallest absolute Gasteiger partial charge is 0.343 e. The highest BCUT2D eigenvalue weighted by Crippen LogP contribution is 2.36. The van der Waals surface area contributed by atoms with Gasteiger partial charge in [0.25, 0.3) is 10.0 Å². The molecule has 1 aromatic heterocycles. The molecule has 2 heterocycles. The van der Waals surface area contributed by atoms with Crippen molar-refractivity contribution in [2.75, 3.05) is 19.6 Å². The largest absolute Gasteiger partial charge is 0.507 e. The zero-order valence-electron chi connectivity index (χ0n) is 22.4. The molecule has 1 saturated heterocycles. The Balaban J connectivity index is 1.54. The van der Waals surface area contributed by atoms with Crippen LogP contribution in [0, 0.1) is 6.92 Å². The highest BCUT2D eigenvalue weighted by atomic mass is 32.2. The van der Waals surface area contributed by atoms with Crippen LogP contribution >= 0.6 is 0 Å². The van der Waals surface area contributed by atoms with Gasteiger partial charge in [-0.25, -0.2) is 9.63 Å². The second kappa shape index (κ2) is 12.1. The van der Waals surface area contributed by atoms with Gasteiger partial charge in [0, 0.05) is 24.6 Å². The average Bonchev–Trinajstić information content (AvgIpc) is 3.48. The van der Waals surface area contributed by atoms with Crippen LogP contribution in [0.1, 0.15) is 48.3 Å². The lowest BCUT2D eigenvalue weighted by Gasteiger charge is -2.21. The summed E-state index contributed by atoms with van der Waals surface area (Å²) in [4.78, 5) is 18.1. The van der Waals surface area contributed by atoms with E-state index < -0.39 is 21.6 Å². The minimum atomic E-state index is -3.90. The number of nitrogens with zero attached hydrogens (tertiary/aromatic N) is 2. The lowest BCUT2D eigenvalue weighted by molar-refractivity contribution is 0.348. The van der Waals surface area contributed by atoms with E-state index in [1.165, 1.54) is 0 Å². The van der Waals surface area contributed by atoms with E-state index >= 15 is 0 Å². The first kappa shape index (κ1) is 27.6. The Morgan fingerprint density at radius 2 is 1.68 bits per heavy atom. The summed E-state index contributed by atoms with van der Waals surface area (Å²) in [5.74, 6) is -0.747. The van der Waals surface area contributed by atoms with Gasteiger partial charge in [0.2, 0.25) is 0 Å². The van der Waals surface area contributed by atoms with Gasteiger partial charge < -0.3 is 14.4 Å². The number of nitrogens with one attached hydrogen (secondary N) is 1. The molecular weight excluding hydrogens is 526 g/mol. The van der Waals surface area contributed by atoms with E-state index in [4.69, 9.17) is 4.42 Å². The number of sulfonamides is 1. The molecule has 0 radical (unpaired) electrons. The van der Waals surface area contributed by atoms with Gasteiger partial charge in [-0.15, -0.1) is 0 Å². The molecule has 5 rings (SSSR count). The minimum Gasteiger partial charge on any atom is -0.507 e. The van der Waals surface area contributed by atoms with Crippen LogP contribution in [0.15, 0.2) is 98.1 Å². The fraction of sp³-hybridized carbons (Fsp3) is 0.290. The zero-order chi connectivity index (χ0) is 28.1. The van der Waals surface area contributed by atoms with E-state index in [1.54, 1.807) is 48.5 Å².